The minimum absolute atomic E-state index is 0.0618. The molecule has 0 bridgehead atoms. The maximum Gasteiger partial charge on any atom is 0.258 e. The Kier molecular flexibility index (Phi) is 4.62. The van der Waals surface area contributed by atoms with E-state index < -0.39 is 11.7 Å². The van der Waals surface area contributed by atoms with Gasteiger partial charge in [-0.05, 0) is 18.2 Å². The molecule has 0 atom stereocenters. The fraction of sp³-hybridized carbons (Fsp3) is 0.143. The van der Waals surface area contributed by atoms with Gasteiger partial charge in [-0.2, -0.15) is 0 Å². The number of halogens is 1. The first kappa shape index (κ1) is 14.0. The van der Waals surface area contributed by atoms with Gasteiger partial charge in [-0.1, -0.05) is 6.07 Å². The highest BCUT2D eigenvalue weighted by Crippen LogP contribution is 2.18. The SMILES string of the molecule is NCCOc1cccc(NC(=O)c2ccncc2F)c1. The minimum atomic E-state index is -0.666. The molecule has 0 radical (unpaired) electrons. The lowest BCUT2D eigenvalue weighted by Gasteiger charge is -2.08. The zero-order valence-corrected chi connectivity index (χ0v) is 10.7. The summed E-state index contributed by atoms with van der Waals surface area (Å²) in [4.78, 5) is 15.5. The Morgan fingerprint density at radius 2 is 2.25 bits per heavy atom. The summed E-state index contributed by atoms with van der Waals surface area (Å²) in [7, 11) is 0. The number of ether oxygens (including phenoxy) is 1. The molecule has 0 aliphatic heterocycles. The molecule has 0 spiro atoms. The van der Waals surface area contributed by atoms with Crippen molar-refractivity contribution < 1.29 is 13.9 Å². The van der Waals surface area contributed by atoms with E-state index in [1.165, 1.54) is 12.3 Å². The maximum atomic E-state index is 13.4. The molecule has 20 heavy (non-hydrogen) atoms. The van der Waals surface area contributed by atoms with Crippen LogP contribution in [0.1, 0.15) is 10.4 Å². The number of hydrogen-bond acceptors (Lipinski definition) is 4. The van der Waals surface area contributed by atoms with Gasteiger partial charge in [-0.25, -0.2) is 4.39 Å². The number of rotatable bonds is 5. The van der Waals surface area contributed by atoms with Gasteiger partial charge < -0.3 is 15.8 Å². The summed E-state index contributed by atoms with van der Waals surface area (Å²) in [5.74, 6) is -0.620. The van der Waals surface area contributed by atoms with Gasteiger partial charge in [-0.3, -0.25) is 9.78 Å². The number of carbonyl (C=O) groups is 1. The number of carbonyl (C=O) groups excluding carboxylic acids is 1. The topological polar surface area (TPSA) is 77.2 Å². The quantitative estimate of drug-likeness (QED) is 0.872. The van der Waals surface area contributed by atoms with Crippen molar-refractivity contribution in [3.8, 4) is 5.75 Å². The fourth-order valence-corrected chi connectivity index (χ4v) is 1.60. The third-order valence-electron chi connectivity index (χ3n) is 2.50. The van der Waals surface area contributed by atoms with Gasteiger partial charge >= 0.3 is 0 Å². The van der Waals surface area contributed by atoms with Crippen LogP contribution in [0.25, 0.3) is 0 Å². The zero-order chi connectivity index (χ0) is 14.4. The van der Waals surface area contributed by atoms with Crippen molar-refractivity contribution in [2.45, 2.75) is 0 Å². The van der Waals surface area contributed by atoms with Crippen molar-refractivity contribution in [3.63, 3.8) is 0 Å². The largest absolute Gasteiger partial charge is 0.492 e. The lowest BCUT2D eigenvalue weighted by atomic mass is 10.2. The Balaban J connectivity index is 2.10. The van der Waals surface area contributed by atoms with Crippen molar-refractivity contribution in [3.05, 3.63) is 54.1 Å². The predicted octanol–water partition coefficient (Wildman–Crippen LogP) is 1.81. The number of nitrogens with two attached hydrogens (primary N) is 1. The standard InChI is InChI=1S/C14H14FN3O2/c15-13-9-17-6-4-12(13)14(19)18-10-2-1-3-11(8-10)20-7-5-16/h1-4,6,8-9H,5,7,16H2,(H,18,19). The summed E-state index contributed by atoms with van der Waals surface area (Å²) in [6.07, 6.45) is 2.36. The molecule has 0 unspecified atom stereocenters. The Morgan fingerprint density at radius 1 is 1.40 bits per heavy atom. The van der Waals surface area contributed by atoms with Crippen LogP contribution in [0, 0.1) is 5.82 Å². The molecule has 0 saturated heterocycles. The van der Waals surface area contributed by atoms with Crippen molar-refractivity contribution >= 4 is 11.6 Å². The second-order valence-corrected chi connectivity index (χ2v) is 3.97. The zero-order valence-electron chi connectivity index (χ0n) is 10.7. The van der Waals surface area contributed by atoms with Gasteiger partial charge in [0.2, 0.25) is 0 Å². The van der Waals surface area contributed by atoms with Gasteiger partial charge in [0.15, 0.2) is 5.82 Å². The van der Waals surface area contributed by atoms with Gasteiger partial charge in [0, 0.05) is 24.5 Å². The summed E-state index contributed by atoms with van der Waals surface area (Å²) in [5, 5.41) is 2.60. The molecule has 0 fully saturated rings. The molecule has 0 saturated carbocycles. The first-order chi connectivity index (χ1) is 9.70. The third-order valence-corrected chi connectivity index (χ3v) is 2.50. The third kappa shape index (κ3) is 3.52. The smallest absolute Gasteiger partial charge is 0.258 e. The Labute approximate surface area is 115 Å². The van der Waals surface area contributed by atoms with Gasteiger partial charge in [-0.15, -0.1) is 0 Å². The van der Waals surface area contributed by atoms with E-state index in [4.69, 9.17) is 10.5 Å². The average Bonchev–Trinajstić information content (AvgIpc) is 2.46. The molecular formula is C14H14FN3O2. The number of pyridine rings is 1. The van der Waals surface area contributed by atoms with Crippen molar-refractivity contribution in [2.75, 3.05) is 18.5 Å². The minimum Gasteiger partial charge on any atom is -0.492 e. The highest BCUT2D eigenvalue weighted by Gasteiger charge is 2.11. The van der Waals surface area contributed by atoms with Crippen LogP contribution in [-0.2, 0) is 0 Å². The van der Waals surface area contributed by atoms with Crippen molar-refractivity contribution in [2.24, 2.45) is 5.73 Å². The Bertz CT molecular complexity index is 604. The summed E-state index contributed by atoms with van der Waals surface area (Å²) in [6, 6.07) is 8.13. The van der Waals surface area contributed by atoms with Crippen LogP contribution in [0.4, 0.5) is 10.1 Å². The van der Waals surface area contributed by atoms with Crippen molar-refractivity contribution in [1.29, 1.82) is 0 Å². The van der Waals surface area contributed by atoms with Crippen LogP contribution in [0.15, 0.2) is 42.7 Å². The molecule has 3 N–H and O–H groups in total. The molecule has 5 nitrogen and oxygen atoms in total. The molecule has 1 amide bonds. The number of amides is 1. The highest BCUT2D eigenvalue weighted by molar-refractivity contribution is 6.04. The van der Waals surface area contributed by atoms with E-state index in [1.54, 1.807) is 24.3 Å². The van der Waals surface area contributed by atoms with Crippen LogP contribution in [0.2, 0.25) is 0 Å². The second-order valence-electron chi connectivity index (χ2n) is 3.97. The first-order valence-electron chi connectivity index (χ1n) is 6.04. The lowest BCUT2D eigenvalue weighted by Crippen LogP contribution is -2.14. The number of benzene rings is 1. The van der Waals surface area contributed by atoms with Crippen LogP contribution < -0.4 is 15.8 Å². The van der Waals surface area contributed by atoms with E-state index >= 15 is 0 Å². The molecule has 6 heteroatoms. The van der Waals surface area contributed by atoms with E-state index in [0.29, 0.717) is 24.6 Å². The predicted molar refractivity (Wildman–Crippen MR) is 73.1 cm³/mol. The highest BCUT2D eigenvalue weighted by atomic mass is 19.1. The molecule has 1 aromatic carbocycles. The molecule has 2 aromatic rings. The summed E-state index contributed by atoms with van der Waals surface area (Å²) < 4.78 is 18.8. The molecule has 0 aliphatic carbocycles. The summed E-state index contributed by atoms with van der Waals surface area (Å²) in [6.45, 7) is 0.787. The summed E-state index contributed by atoms with van der Waals surface area (Å²) >= 11 is 0. The second kappa shape index (κ2) is 6.63. The Hall–Kier alpha value is -2.47. The van der Waals surface area contributed by atoms with E-state index in [1.807, 2.05) is 0 Å². The van der Waals surface area contributed by atoms with E-state index in [-0.39, 0.29) is 5.56 Å². The van der Waals surface area contributed by atoms with Crippen LogP contribution >= 0.6 is 0 Å². The van der Waals surface area contributed by atoms with E-state index in [2.05, 4.69) is 10.3 Å². The Morgan fingerprint density at radius 3 is 3.00 bits per heavy atom. The van der Waals surface area contributed by atoms with Crippen LogP contribution in [0.5, 0.6) is 5.75 Å². The maximum absolute atomic E-state index is 13.4. The average molecular weight is 275 g/mol. The molecule has 0 aliphatic rings. The van der Waals surface area contributed by atoms with Gasteiger partial charge in [0.05, 0.1) is 11.8 Å². The van der Waals surface area contributed by atoms with Gasteiger partial charge in [0.25, 0.3) is 5.91 Å². The molecular weight excluding hydrogens is 261 g/mol. The fourth-order valence-electron chi connectivity index (χ4n) is 1.60. The molecule has 104 valence electrons. The summed E-state index contributed by atoms with van der Waals surface area (Å²) in [5.41, 5.74) is 5.80. The van der Waals surface area contributed by atoms with Gasteiger partial charge in [0.1, 0.15) is 12.4 Å². The molecule has 2 rings (SSSR count). The number of nitrogens with zero attached hydrogens (tertiary/aromatic N) is 1. The molecule has 1 heterocycles. The monoisotopic (exact) mass is 275 g/mol. The lowest BCUT2D eigenvalue weighted by molar-refractivity contribution is 0.102. The number of hydrogen-bond donors (Lipinski definition) is 2. The van der Waals surface area contributed by atoms with E-state index in [0.717, 1.165) is 6.20 Å². The normalized spacial score (nSPS) is 10.1. The van der Waals surface area contributed by atoms with E-state index in [9.17, 15) is 9.18 Å². The number of anilines is 1. The number of aromatic nitrogens is 1. The van der Waals surface area contributed by atoms with Crippen molar-refractivity contribution in [1.82, 2.24) is 4.98 Å². The number of nitrogens with one attached hydrogen (secondary N) is 1. The van der Waals surface area contributed by atoms with Crippen LogP contribution in [0.3, 0.4) is 0 Å². The van der Waals surface area contributed by atoms with Crippen LogP contribution in [-0.4, -0.2) is 24.0 Å². The molecule has 1 aromatic heterocycles. The first-order valence-corrected chi connectivity index (χ1v) is 6.04.